The second-order valence-corrected chi connectivity index (χ2v) is 23.7. The SMILES string of the molecule is CCCCCCCCCCCCCCCC(=O)O.CCCCCCCCCCCCCCCC(=O)O.CCCCCCCCCCCCCCCC(=O)O.CCCCCCCCCCCCCCCC(=O)O.OCC(CO)(CO)CO. The molecule has 8 N–H and O–H groups in total. The molecule has 0 aliphatic carbocycles. The van der Waals surface area contributed by atoms with Gasteiger partial charge in [-0.05, 0) is 25.7 Å². The van der Waals surface area contributed by atoms with Crippen LogP contribution in [0.1, 0.15) is 387 Å². The normalized spacial score (nSPS) is 10.9. The molecule has 12 nitrogen and oxygen atoms in total. The summed E-state index contributed by atoms with van der Waals surface area (Å²) >= 11 is 0. The Balaban J connectivity index is -0.000000302. The minimum absolute atomic E-state index is 0.345. The van der Waals surface area contributed by atoms with Crippen molar-refractivity contribution in [1.82, 2.24) is 0 Å². The van der Waals surface area contributed by atoms with Gasteiger partial charge in [-0.3, -0.25) is 19.2 Å². The van der Waals surface area contributed by atoms with Gasteiger partial charge in [0.2, 0.25) is 0 Å². The van der Waals surface area contributed by atoms with E-state index in [1.54, 1.807) is 0 Å². The molecule has 0 fully saturated rings. The zero-order chi connectivity index (χ0) is 61.2. The van der Waals surface area contributed by atoms with Gasteiger partial charge in [-0.15, -0.1) is 0 Å². The molecule has 0 aromatic rings. The van der Waals surface area contributed by atoms with Crippen LogP contribution in [0, 0.1) is 5.41 Å². The van der Waals surface area contributed by atoms with Crippen molar-refractivity contribution in [3.8, 4) is 0 Å². The molecular formula is C69H140O12. The smallest absolute Gasteiger partial charge is 0.303 e. The Kier molecular flexibility index (Phi) is 86.2. The van der Waals surface area contributed by atoms with E-state index in [-0.39, 0.29) is 0 Å². The van der Waals surface area contributed by atoms with Crippen LogP contribution >= 0.6 is 0 Å². The highest BCUT2D eigenvalue weighted by Crippen LogP contribution is 2.17. The molecule has 0 rings (SSSR count). The molecule has 0 amide bonds. The van der Waals surface area contributed by atoms with Crippen LogP contribution in [0.15, 0.2) is 0 Å². The average Bonchev–Trinajstić information content (AvgIpc) is 3.45. The highest BCUT2D eigenvalue weighted by Gasteiger charge is 2.26. The third-order valence-electron chi connectivity index (χ3n) is 15.3. The van der Waals surface area contributed by atoms with Crippen molar-refractivity contribution in [3.05, 3.63) is 0 Å². The molecule has 0 bridgehead atoms. The Morgan fingerprint density at radius 3 is 0.370 bits per heavy atom. The molecule has 0 heterocycles. The lowest BCUT2D eigenvalue weighted by Crippen LogP contribution is -2.37. The first kappa shape index (κ1) is 87.5. The second kappa shape index (κ2) is 79.8. The van der Waals surface area contributed by atoms with Crippen molar-refractivity contribution in [1.29, 1.82) is 0 Å². The van der Waals surface area contributed by atoms with E-state index < -0.39 is 55.7 Å². The van der Waals surface area contributed by atoms with Crippen molar-refractivity contribution < 1.29 is 60.0 Å². The zero-order valence-corrected chi connectivity index (χ0v) is 54.1. The molecule has 0 unspecified atom stereocenters. The Hall–Kier alpha value is -2.28. The van der Waals surface area contributed by atoms with Crippen LogP contribution in [0.4, 0.5) is 0 Å². The van der Waals surface area contributed by atoms with Gasteiger partial charge >= 0.3 is 23.9 Å². The lowest BCUT2D eigenvalue weighted by atomic mass is 9.93. The topological polar surface area (TPSA) is 230 Å². The summed E-state index contributed by atoms with van der Waals surface area (Å²) in [5.41, 5.74) is -1.11. The van der Waals surface area contributed by atoms with Gasteiger partial charge in [0.05, 0.1) is 31.8 Å². The molecule has 0 aliphatic heterocycles. The molecule has 0 saturated heterocycles. The Bertz CT molecular complexity index is 1020. The molecular weight excluding hydrogens is 1020 g/mol. The van der Waals surface area contributed by atoms with Gasteiger partial charge < -0.3 is 40.9 Å². The number of carboxylic acid groups (broad SMARTS) is 4. The van der Waals surface area contributed by atoms with E-state index >= 15 is 0 Å². The number of hydrogen-bond acceptors (Lipinski definition) is 8. The lowest BCUT2D eigenvalue weighted by Gasteiger charge is -2.23. The van der Waals surface area contributed by atoms with Gasteiger partial charge in [-0.25, -0.2) is 0 Å². The first-order valence-electron chi connectivity index (χ1n) is 34.6. The van der Waals surface area contributed by atoms with Crippen molar-refractivity contribution >= 4 is 23.9 Å². The summed E-state index contributed by atoms with van der Waals surface area (Å²) in [7, 11) is 0. The third kappa shape index (κ3) is 91.7. The highest BCUT2D eigenvalue weighted by atomic mass is 16.4. The van der Waals surface area contributed by atoms with E-state index in [1.165, 1.54) is 283 Å². The number of carbonyl (C=O) groups is 4. The van der Waals surface area contributed by atoms with E-state index in [4.69, 9.17) is 40.9 Å². The number of aliphatic hydroxyl groups excluding tert-OH is 4. The van der Waals surface area contributed by atoms with Crippen molar-refractivity contribution in [2.45, 2.75) is 387 Å². The van der Waals surface area contributed by atoms with Gasteiger partial charge in [0, 0.05) is 25.7 Å². The fourth-order valence-electron chi connectivity index (χ4n) is 9.48. The van der Waals surface area contributed by atoms with E-state index in [2.05, 4.69) is 27.7 Å². The maximum absolute atomic E-state index is 10.3. The van der Waals surface area contributed by atoms with Gasteiger partial charge in [-0.2, -0.15) is 0 Å². The first-order chi connectivity index (χ1) is 39.3. The van der Waals surface area contributed by atoms with Crippen LogP contribution in [0.25, 0.3) is 0 Å². The van der Waals surface area contributed by atoms with E-state index in [0.29, 0.717) is 25.7 Å². The zero-order valence-electron chi connectivity index (χ0n) is 54.1. The van der Waals surface area contributed by atoms with Crippen molar-refractivity contribution in [2.75, 3.05) is 26.4 Å². The monoisotopic (exact) mass is 1160 g/mol. The van der Waals surface area contributed by atoms with Crippen LogP contribution in [0.3, 0.4) is 0 Å². The fraction of sp³-hybridized carbons (Fsp3) is 0.942. The first-order valence-corrected chi connectivity index (χ1v) is 34.6. The van der Waals surface area contributed by atoms with Crippen LogP contribution < -0.4 is 0 Å². The molecule has 0 radical (unpaired) electrons. The summed E-state index contributed by atoms with van der Waals surface area (Å²) in [6, 6.07) is 0. The molecule has 488 valence electrons. The van der Waals surface area contributed by atoms with Gasteiger partial charge in [0.15, 0.2) is 0 Å². The van der Waals surface area contributed by atoms with E-state index in [0.717, 1.165) is 51.4 Å². The molecule has 0 spiro atoms. The third-order valence-corrected chi connectivity index (χ3v) is 15.3. The van der Waals surface area contributed by atoms with Gasteiger partial charge in [0.25, 0.3) is 0 Å². The highest BCUT2D eigenvalue weighted by molar-refractivity contribution is 5.67. The molecule has 0 atom stereocenters. The summed E-state index contributed by atoms with van der Waals surface area (Å²) in [6.45, 7) is 7.42. The predicted molar refractivity (Wildman–Crippen MR) is 343 cm³/mol. The average molecular weight is 1160 g/mol. The summed E-state index contributed by atoms with van der Waals surface area (Å²) in [6.07, 6.45) is 69.1. The summed E-state index contributed by atoms with van der Waals surface area (Å²) < 4.78 is 0. The van der Waals surface area contributed by atoms with Crippen LogP contribution in [-0.2, 0) is 19.2 Å². The number of aliphatic carboxylic acids is 4. The molecule has 12 heteroatoms. The number of hydrogen-bond donors (Lipinski definition) is 8. The Labute approximate surface area is 501 Å². The largest absolute Gasteiger partial charge is 0.481 e. The quantitative estimate of drug-likeness (QED) is 0.0266. The maximum Gasteiger partial charge on any atom is 0.303 e. The molecule has 0 aromatic carbocycles. The molecule has 0 aliphatic rings. The number of unbranched alkanes of at least 4 members (excludes halogenated alkanes) is 48. The van der Waals surface area contributed by atoms with Crippen LogP contribution in [-0.4, -0.2) is 91.2 Å². The van der Waals surface area contributed by atoms with Crippen LogP contribution in [0.5, 0.6) is 0 Å². The molecule has 0 saturated carbocycles. The number of carboxylic acids is 4. The van der Waals surface area contributed by atoms with Crippen molar-refractivity contribution in [3.63, 3.8) is 0 Å². The Morgan fingerprint density at radius 2 is 0.296 bits per heavy atom. The second-order valence-electron chi connectivity index (χ2n) is 23.7. The minimum atomic E-state index is -1.11. The fourth-order valence-corrected chi connectivity index (χ4v) is 9.48. The van der Waals surface area contributed by atoms with Gasteiger partial charge in [0.1, 0.15) is 0 Å². The predicted octanol–water partition coefficient (Wildman–Crippen LogP) is 20.2. The van der Waals surface area contributed by atoms with Gasteiger partial charge in [-0.1, -0.05) is 336 Å². The number of aliphatic hydroxyl groups is 4. The number of rotatable bonds is 60. The van der Waals surface area contributed by atoms with E-state index in [9.17, 15) is 19.2 Å². The maximum atomic E-state index is 10.3. The summed E-state index contributed by atoms with van der Waals surface area (Å²) in [5, 5.41) is 67.9. The van der Waals surface area contributed by atoms with E-state index in [1.807, 2.05) is 0 Å². The lowest BCUT2D eigenvalue weighted by molar-refractivity contribution is -0.138. The standard InChI is InChI=1S/4C16H32O2.C5H12O4/c4*1-2-3-4-5-6-7-8-9-10-11-12-13-14-15-16(17)18;6-1-5(2-7,3-8)4-9/h4*2-15H2,1H3,(H,17,18);6-9H,1-4H2. The van der Waals surface area contributed by atoms with Crippen LogP contribution in [0.2, 0.25) is 0 Å². The molecule has 81 heavy (non-hydrogen) atoms. The Morgan fingerprint density at radius 1 is 0.198 bits per heavy atom. The summed E-state index contributed by atoms with van der Waals surface area (Å²) in [4.78, 5) is 41.2. The molecule has 0 aromatic heterocycles. The van der Waals surface area contributed by atoms with Crippen molar-refractivity contribution in [2.24, 2.45) is 5.41 Å². The minimum Gasteiger partial charge on any atom is -0.481 e. The summed E-state index contributed by atoms with van der Waals surface area (Å²) in [5.74, 6) is -2.62.